The number of hydrogen-bond acceptors (Lipinski definition) is 6. The zero-order chi connectivity index (χ0) is 13.2. The second kappa shape index (κ2) is 6.12. The minimum Gasteiger partial charge on any atom is -0.505 e. The molecule has 1 rings (SSSR count). The van der Waals surface area contributed by atoms with Gasteiger partial charge in [-0.1, -0.05) is 0 Å². The van der Waals surface area contributed by atoms with Crippen molar-refractivity contribution in [2.75, 3.05) is 7.11 Å². The van der Waals surface area contributed by atoms with Gasteiger partial charge in [-0.2, -0.15) is 0 Å². The summed E-state index contributed by atoms with van der Waals surface area (Å²) in [6, 6.07) is -0.141. The van der Waals surface area contributed by atoms with Gasteiger partial charge in [0.25, 0.3) is 5.69 Å². The maximum Gasteiger partial charge on any atom is 0.327 e. The summed E-state index contributed by atoms with van der Waals surface area (Å²) in [4.78, 5) is 20.7. The van der Waals surface area contributed by atoms with Gasteiger partial charge in [-0.05, 0) is 0 Å². The molecule has 0 heterocycles. The molecule has 0 saturated heterocycles. The first-order valence-electron chi connectivity index (χ1n) is 4.38. The van der Waals surface area contributed by atoms with E-state index in [2.05, 4.69) is 4.74 Å². The van der Waals surface area contributed by atoms with Crippen LogP contribution in [0.5, 0.6) is 5.75 Å². The van der Waals surface area contributed by atoms with Gasteiger partial charge in [0.05, 0.1) is 18.1 Å². The van der Waals surface area contributed by atoms with E-state index in [9.17, 15) is 24.4 Å². The van der Waals surface area contributed by atoms with Crippen LogP contribution in [-0.2, 0) is 9.53 Å². The zero-order valence-corrected chi connectivity index (χ0v) is 9.94. The number of benzene rings is 1. The number of halogens is 2. The summed E-state index contributed by atoms with van der Waals surface area (Å²) in [7, 11) is 1.05. The molecule has 3 N–H and O–H groups in total. The van der Waals surface area contributed by atoms with Gasteiger partial charge in [0.2, 0.25) is 0 Å². The number of carbonyl (C=O) groups is 1. The van der Waals surface area contributed by atoms with Crippen LogP contribution in [0.3, 0.4) is 0 Å². The van der Waals surface area contributed by atoms with Crippen LogP contribution in [-0.4, -0.2) is 23.1 Å². The van der Waals surface area contributed by atoms with Crippen LogP contribution in [0.2, 0.25) is 0 Å². The number of esters is 1. The normalized spacial score (nSPS) is 11.3. The van der Waals surface area contributed by atoms with Gasteiger partial charge in [-0.3, -0.25) is 14.9 Å². The SMILES string of the molecule is COC(=O)[C@@H](N)c1cc([N+](=O)[O-])cc(F)c1O.Cl. The average Bonchev–Trinajstić information content (AvgIpc) is 2.30. The standard InChI is InChI=1S/C9H9FN2O5.ClH/c1-17-9(14)7(11)5-2-4(12(15)16)3-6(10)8(5)13;/h2-3,7,13H,11H2,1H3;1H/t7-;/m0./s1. The number of hydrogen-bond donors (Lipinski definition) is 2. The Morgan fingerprint density at radius 2 is 2.17 bits per heavy atom. The molecule has 1 atom stereocenters. The number of aromatic hydroxyl groups is 1. The molecule has 7 nitrogen and oxygen atoms in total. The molecule has 0 aliphatic rings. The number of nitro benzene ring substituents is 1. The molecule has 100 valence electrons. The molecule has 0 aliphatic carbocycles. The summed E-state index contributed by atoms with van der Waals surface area (Å²) in [5, 5.41) is 19.8. The topological polar surface area (TPSA) is 116 Å². The van der Waals surface area contributed by atoms with E-state index in [1.54, 1.807) is 0 Å². The fourth-order valence-electron chi connectivity index (χ4n) is 1.20. The van der Waals surface area contributed by atoms with E-state index in [0.717, 1.165) is 13.2 Å². The molecule has 0 saturated carbocycles. The van der Waals surface area contributed by atoms with Crippen molar-refractivity contribution in [3.63, 3.8) is 0 Å². The Hall–Kier alpha value is -1.93. The third kappa shape index (κ3) is 3.05. The summed E-state index contributed by atoms with van der Waals surface area (Å²) >= 11 is 0. The molecule has 1 aromatic carbocycles. The number of nitrogens with zero attached hydrogens (tertiary/aromatic N) is 1. The Morgan fingerprint density at radius 1 is 1.61 bits per heavy atom. The third-order valence-corrected chi connectivity index (χ3v) is 2.08. The van der Waals surface area contributed by atoms with Gasteiger partial charge in [0.15, 0.2) is 11.6 Å². The van der Waals surface area contributed by atoms with Crippen molar-refractivity contribution < 1.29 is 24.0 Å². The first kappa shape index (κ1) is 16.1. The van der Waals surface area contributed by atoms with Crippen molar-refractivity contribution in [1.29, 1.82) is 0 Å². The molecule has 0 radical (unpaired) electrons. The monoisotopic (exact) mass is 280 g/mol. The van der Waals surface area contributed by atoms with Gasteiger partial charge in [0.1, 0.15) is 6.04 Å². The highest BCUT2D eigenvalue weighted by Crippen LogP contribution is 2.31. The number of phenols is 1. The Balaban J connectivity index is 0.00000289. The first-order chi connectivity index (χ1) is 7.88. The van der Waals surface area contributed by atoms with E-state index in [4.69, 9.17) is 5.73 Å². The summed E-state index contributed by atoms with van der Waals surface area (Å²) in [5.41, 5.74) is 4.35. The lowest BCUT2D eigenvalue weighted by Gasteiger charge is -2.11. The molecule has 18 heavy (non-hydrogen) atoms. The van der Waals surface area contributed by atoms with E-state index >= 15 is 0 Å². The first-order valence-corrected chi connectivity index (χ1v) is 4.38. The van der Waals surface area contributed by atoms with Crippen LogP contribution in [0.4, 0.5) is 10.1 Å². The average molecular weight is 281 g/mol. The fourth-order valence-corrected chi connectivity index (χ4v) is 1.20. The minimum absolute atomic E-state index is 0. The molecular weight excluding hydrogens is 271 g/mol. The number of rotatable bonds is 3. The zero-order valence-electron chi connectivity index (χ0n) is 9.12. The summed E-state index contributed by atoms with van der Waals surface area (Å²) in [5.74, 6) is -3.08. The van der Waals surface area contributed by atoms with Gasteiger partial charge < -0.3 is 15.6 Å². The molecule has 9 heteroatoms. The fraction of sp³-hybridized carbons (Fsp3) is 0.222. The number of phenolic OH excluding ortho intramolecular Hbond substituents is 1. The predicted molar refractivity (Wildman–Crippen MR) is 60.9 cm³/mol. The van der Waals surface area contributed by atoms with Crippen LogP contribution in [0.1, 0.15) is 11.6 Å². The van der Waals surface area contributed by atoms with Crippen molar-refractivity contribution in [3.05, 3.63) is 33.6 Å². The Morgan fingerprint density at radius 3 is 2.61 bits per heavy atom. The van der Waals surface area contributed by atoms with Crippen molar-refractivity contribution in [2.45, 2.75) is 6.04 Å². The van der Waals surface area contributed by atoms with E-state index in [1.807, 2.05) is 0 Å². The molecule has 0 unspecified atom stereocenters. The van der Waals surface area contributed by atoms with Crippen molar-refractivity contribution >= 4 is 24.1 Å². The van der Waals surface area contributed by atoms with E-state index in [0.29, 0.717) is 6.07 Å². The van der Waals surface area contributed by atoms with E-state index in [-0.39, 0.29) is 12.4 Å². The Bertz CT molecular complexity index is 482. The van der Waals surface area contributed by atoms with Crippen molar-refractivity contribution in [2.24, 2.45) is 5.73 Å². The van der Waals surface area contributed by atoms with Crippen LogP contribution in [0.15, 0.2) is 12.1 Å². The van der Waals surface area contributed by atoms with Gasteiger partial charge in [-0.15, -0.1) is 12.4 Å². The number of carbonyl (C=O) groups excluding carboxylic acids is 1. The number of nitrogens with two attached hydrogens (primary N) is 1. The maximum absolute atomic E-state index is 13.2. The maximum atomic E-state index is 13.2. The van der Waals surface area contributed by atoms with E-state index in [1.165, 1.54) is 0 Å². The Labute approximate surface area is 107 Å². The molecule has 0 spiro atoms. The largest absolute Gasteiger partial charge is 0.505 e. The molecule has 0 aliphatic heterocycles. The number of non-ortho nitro benzene ring substituents is 1. The highest BCUT2D eigenvalue weighted by atomic mass is 35.5. The number of methoxy groups -OCH3 is 1. The highest BCUT2D eigenvalue weighted by Gasteiger charge is 2.25. The predicted octanol–water partition coefficient (Wildman–Crippen LogP) is 1.03. The highest BCUT2D eigenvalue weighted by molar-refractivity contribution is 5.85. The smallest absolute Gasteiger partial charge is 0.327 e. The van der Waals surface area contributed by atoms with Gasteiger partial charge in [0, 0.05) is 11.6 Å². The lowest BCUT2D eigenvalue weighted by atomic mass is 10.1. The second-order valence-corrected chi connectivity index (χ2v) is 3.12. The summed E-state index contributed by atoms with van der Waals surface area (Å²) < 4.78 is 17.5. The van der Waals surface area contributed by atoms with Crippen LogP contribution < -0.4 is 5.73 Å². The van der Waals surface area contributed by atoms with Crippen LogP contribution in [0, 0.1) is 15.9 Å². The molecule has 0 aromatic heterocycles. The molecule has 0 fully saturated rings. The van der Waals surface area contributed by atoms with E-state index < -0.39 is 39.8 Å². The Kier molecular flexibility index (Phi) is 5.47. The lowest BCUT2D eigenvalue weighted by Crippen LogP contribution is -2.23. The second-order valence-electron chi connectivity index (χ2n) is 3.12. The van der Waals surface area contributed by atoms with Gasteiger partial charge >= 0.3 is 5.97 Å². The molecular formula is C9H10ClFN2O5. The van der Waals surface area contributed by atoms with Crippen molar-refractivity contribution in [3.8, 4) is 5.75 Å². The summed E-state index contributed by atoms with van der Waals surface area (Å²) in [6.07, 6.45) is 0. The third-order valence-electron chi connectivity index (χ3n) is 2.08. The van der Waals surface area contributed by atoms with Crippen molar-refractivity contribution in [1.82, 2.24) is 0 Å². The minimum atomic E-state index is -1.49. The number of ether oxygens (including phenoxy) is 1. The quantitative estimate of drug-likeness (QED) is 0.485. The molecule has 0 bridgehead atoms. The van der Waals surface area contributed by atoms with Crippen LogP contribution in [0.25, 0.3) is 0 Å². The van der Waals surface area contributed by atoms with Gasteiger partial charge in [-0.25, -0.2) is 4.39 Å². The molecule has 1 aromatic rings. The number of nitro groups is 1. The lowest BCUT2D eigenvalue weighted by molar-refractivity contribution is -0.385. The summed E-state index contributed by atoms with van der Waals surface area (Å²) in [6.45, 7) is 0. The molecule has 0 amide bonds. The van der Waals surface area contributed by atoms with Crippen LogP contribution >= 0.6 is 12.4 Å².